The number of amides is 3. The van der Waals surface area contributed by atoms with Gasteiger partial charge in [0.05, 0.1) is 6.54 Å². The summed E-state index contributed by atoms with van der Waals surface area (Å²) in [7, 11) is 1.95. The van der Waals surface area contributed by atoms with E-state index in [2.05, 4.69) is 16.0 Å². The van der Waals surface area contributed by atoms with Gasteiger partial charge in [0, 0.05) is 24.7 Å². The Morgan fingerprint density at radius 1 is 1.16 bits per heavy atom. The van der Waals surface area contributed by atoms with Crippen LogP contribution in [0.15, 0.2) is 24.3 Å². The molecule has 0 spiro atoms. The first-order valence-electron chi connectivity index (χ1n) is 8.27. The Labute approximate surface area is 160 Å². The van der Waals surface area contributed by atoms with Gasteiger partial charge in [-0.15, -0.1) is 12.4 Å². The molecule has 0 saturated carbocycles. The molecule has 0 atom stereocenters. The smallest absolute Gasteiger partial charge is 0.315 e. The molecule has 1 fully saturated rings. The monoisotopic (exact) mass is 388 g/mol. The van der Waals surface area contributed by atoms with Gasteiger partial charge < -0.3 is 20.9 Å². The number of carbonyl (C=O) groups excluding carboxylic acids is 2. The van der Waals surface area contributed by atoms with E-state index in [1.807, 2.05) is 24.1 Å². The number of benzene rings is 1. The molecule has 0 aliphatic carbocycles. The van der Waals surface area contributed by atoms with Gasteiger partial charge in [-0.05, 0) is 50.0 Å². The molecule has 1 aliphatic rings. The van der Waals surface area contributed by atoms with Gasteiger partial charge in [0.2, 0.25) is 5.91 Å². The van der Waals surface area contributed by atoms with Crippen molar-refractivity contribution in [2.75, 3.05) is 33.2 Å². The Morgan fingerprint density at radius 2 is 1.80 bits per heavy atom. The van der Waals surface area contributed by atoms with Gasteiger partial charge in [-0.1, -0.05) is 23.7 Å². The molecule has 3 N–H and O–H groups in total. The van der Waals surface area contributed by atoms with E-state index >= 15 is 0 Å². The summed E-state index contributed by atoms with van der Waals surface area (Å²) in [5.41, 5.74) is 0.951. The van der Waals surface area contributed by atoms with Gasteiger partial charge in [-0.3, -0.25) is 4.79 Å². The summed E-state index contributed by atoms with van der Waals surface area (Å²) < 4.78 is 0. The number of nitrogens with zero attached hydrogens (tertiary/aromatic N) is 1. The third-order valence-electron chi connectivity index (χ3n) is 4.23. The zero-order valence-electron chi connectivity index (χ0n) is 14.4. The number of hydrogen-bond acceptors (Lipinski definition) is 3. The fraction of sp³-hybridized carbons (Fsp3) is 0.529. The molecule has 0 aromatic heterocycles. The minimum Gasteiger partial charge on any atom is -0.341 e. The molecule has 0 bridgehead atoms. The summed E-state index contributed by atoms with van der Waals surface area (Å²) in [4.78, 5) is 25.7. The molecule has 1 saturated heterocycles. The topological polar surface area (TPSA) is 73.5 Å². The second-order valence-electron chi connectivity index (χ2n) is 6.04. The van der Waals surface area contributed by atoms with E-state index in [0.717, 1.165) is 38.0 Å². The van der Waals surface area contributed by atoms with Crippen molar-refractivity contribution in [1.29, 1.82) is 0 Å². The van der Waals surface area contributed by atoms with Crippen molar-refractivity contribution in [1.82, 2.24) is 20.9 Å². The zero-order chi connectivity index (χ0) is 17.4. The third kappa shape index (κ3) is 7.50. The van der Waals surface area contributed by atoms with Crippen LogP contribution in [0.2, 0.25) is 5.02 Å². The van der Waals surface area contributed by atoms with Crippen LogP contribution in [0, 0.1) is 5.92 Å². The summed E-state index contributed by atoms with van der Waals surface area (Å²) in [5, 5.41) is 9.18. The molecule has 1 heterocycles. The Morgan fingerprint density at radius 3 is 2.40 bits per heavy atom. The molecule has 8 heteroatoms. The summed E-state index contributed by atoms with van der Waals surface area (Å²) in [6.07, 6.45) is 2.02. The van der Waals surface area contributed by atoms with Crippen molar-refractivity contribution in [3.05, 3.63) is 34.9 Å². The normalized spacial score (nSPS) is 14.6. The Hall–Kier alpha value is -1.50. The molecule has 1 aromatic carbocycles. The predicted octanol–water partition coefficient (Wildman–Crippen LogP) is 2.02. The van der Waals surface area contributed by atoms with Crippen LogP contribution in [0.25, 0.3) is 0 Å². The van der Waals surface area contributed by atoms with E-state index < -0.39 is 0 Å². The molecule has 1 aromatic rings. The number of nitrogens with one attached hydrogen (secondary N) is 3. The second kappa shape index (κ2) is 11.2. The van der Waals surface area contributed by atoms with E-state index in [-0.39, 0.29) is 30.9 Å². The van der Waals surface area contributed by atoms with Crippen LogP contribution in [-0.2, 0) is 11.3 Å². The van der Waals surface area contributed by atoms with Crippen LogP contribution in [0.1, 0.15) is 18.4 Å². The van der Waals surface area contributed by atoms with Crippen LogP contribution in [0.4, 0.5) is 4.79 Å². The summed E-state index contributed by atoms with van der Waals surface area (Å²) in [5.74, 6) is 0.606. The van der Waals surface area contributed by atoms with E-state index in [9.17, 15) is 9.59 Å². The number of rotatable bonds is 6. The molecule has 0 radical (unpaired) electrons. The van der Waals surface area contributed by atoms with Gasteiger partial charge in [0.1, 0.15) is 0 Å². The number of halogens is 2. The molecule has 1 aliphatic heterocycles. The first-order valence-corrected chi connectivity index (χ1v) is 8.65. The fourth-order valence-corrected chi connectivity index (χ4v) is 2.92. The Bertz CT molecular complexity index is 546. The number of piperidine rings is 1. The van der Waals surface area contributed by atoms with E-state index in [4.69, 9.17) is 11.6 Å². The zero-order valence-corrected chi connectivity index (χ0v) is 16.0. The number of urea groups is 1. The molecule has 6 nitrogen and oxygen atoms in total. The predicted molar refractivity (Wildman–Crippen MR) is 102 cm³/mol. The number of likely N-dealkylation sites (tertiary alicyclic amines) is 1. The summed E-state index contributed by atoms with van der Waals surface area (Å²) in [6, 6.07) is 6.91. The molecular formula is C17H26Cl2N4O2. The van der Waals surface area contributed by atoms with Gasteiger partial charge in [0.15, 0.2) is 0 Å². The molecule has 140 valence electrons. The molecule has 2 rings (SSSR count). The third-order valence-corrected chi connectivity index (χ3v) is 4.48. The average molecular weight is 389 g/mol. The van der Waals surface area contributed by atoms with Crippen LogP contribution < -0.4 is 16.0 Å². The minimum atomic E-state index is -0.344. The SMILES string of the molecule is CNCC1CCN(C(=O)CNC(=O)NCc2ccc(Cl)cc2)CC1.Cl. The lowest BCUT2D eigenvalue weighted by atomic mass is 9.97. The largest absolute Gasteiger partial charge is 0.341 e. The van der Waals surface area contributed by atoms with Crippen molar-refractivity contribution < 1.29 is 9.59 Å². The lowest BCUT2D eigenvalue weighted by Gasteiger charge is -2.32. The van der Waals surface area contributed by atoms with Crippen molar-refractivity contribution in [3.8, 4) is 0 Å². The lowest BCUT2D eigenvalue weighted by molar-refractivity contribution is -0.131. The molecule has 25 heavy (non-hydrogen) atoms. The van der Waals surface area contributed by atoms with Gasteiger partial charge >= 0.3 is 6.03 Å². The van der Waals surface area contributed by atoms with Crippen LogP contribution in [-0.4, -0.2) is 50.1 Å². The van der Waals surface area contributed by atoms with Gasteiger partial charge in [-0.25, -0.2) is 4.79 Å². The Kier molecular flexibility index (Phi) is 9.63. The van der Waals surface area contributed by atoms with Crippen molar-refractivity contribution in [2.45, 2.75) is 19.4 Å². The lowest BCUT2D eigenvalue weighted by Crippen LogP contribution is -2.46. The van der Waals surface area contributed by atoms with Crippen molar-refractivity contribution in [3.63, 3.8) is 0 Å². The highest BCUT2D eigenvalue weighted by Crippen LogP contribution is 2.16. The van der Waals surface area contributed by atoms with Crippen LogP contribution in [0.3, 0.4) is 0 Å². The average Bonchev–Trinajstić information content (AvgIpc) is 2.60. The first-order chi connectivity index (χ1) is 11.6. The summed E-state index contributed by atoms with van der Waals surface area (Å²) in [6.45, 7) is 2.95. The highest BCUT2D eigenvalue weighted by molar-refractivity contribution is 6.30. The molecule has 0 unspecified atom stereocenters. The minimum absolute atomic E-state index is 0. The highest BCUT2D eigenvalue weighted by atomic mass is 35.5. The molecular weight excluding hydrogens is 363 g/mol. The maximum absolute atomic E-state index is 12.1. The van der Waals surface area contributed by atoms with E-state index in [1.165, 1.54) is 0 Å². The van der Waals surface area contributed by atoms with Gasteiger partial charge in [-0.2, -0.15) is 0 Å². The summed E-state index contributed by atoms with van der Waals surface area (Å²) >= 11 is 5.81. The van der Waals surface area contributed by atoms with Crippen LogP contribution >= 0.6 is 24.0 Å². The van der Waals surface area contributed by atoms with Crippen molar-refractivity contribution in [2.24, 2.45) is 5.92 Å². The maximum Gasteiger partial charge on any atom is 0.315 e. The Balaban J connectivity index is 0.00000312. The van der Waals surface area contributed by atoms with E-state index in [1.54, 1.807) is 12.1 Å². The fourth-order valence-electron chi connectivity index (χ4n) is 2.79. The second-order valence-corrected chi connectivity index (χ2v) is 6.48. The first kappa shape index (κ1) is 21.5. The number of carbonyl (C=O) groups is 2. The number of hydrogen-bond donors (Lipinski definition) is 3. The van der Waals surface area contributed by atoms with E-state index in [0.29, 0.717) is 17.5 Å². The molecule has 3 amide bonds. The highest BCUT2D eigenvalue weighted by Gasteiger charge is 2.22. The quantitative estimate of drug-likeness (QED) is 0.697. The maximum atomic E-state index is 12.1. The van der Waals surface area contributed by atoms with Crippen molar-refractivity contribution >= 4 is 35.9 Å². The van der Waals surface area contributed by atoms with Gasteiger partial charge in [0.25, 0.3) is 0 Å². The standard InChI is InChI=1S/C17H25ClN4O2.ClH/c1-19-10-14-6-8-22(9-7-14)16(23)12-21-17(24)20-11-13-2-4-15(18)5-3-13;/h2-5,14,19H,6-12H2,1H3,(H2,20,21,24);1H. The van der Waals surface area contributed by atoms with Crippen LogP contribution in [0.5, 0.6) is 0 Å².